The van der Waals surface area contributed by atoms with Crippen LogP contribution in [-0.2, 0) is 16.0 Å². The molecule has 2 aromatic carbocycles. The highest BCUT2D eigenvalue weighted by molar-refractivity contribution is 6.31. The third kappa shape index (κ3) is 4.59. The van der Waals surface area contributed by atoms with Gasteiger partial charge < -0.3 is 15.5 Å². The fourth-order valence-corrected chi connectivity index (χ4v) is 3.41. The first-order valence-electron chi connectivity index (χ1n) is 8.89. The summed E-state index contributed by atoms with van der Waals surface area (Å²) in [6.07, 6.45) is 1.25. The van der Waals surface area contributed by atoms with Crippen molar-refractivity contribution in [3.8, 4) is 0 Å². The summed E-state index contributed by atoms with van der Waals surface area (Å²) >= 11 is 6.02. The maximum absolute atomic E-state index is 14.2. The Hall–Kier alpha value is -2.67. The predicted molar refractivity (Wildman–Crippen MR) is 105 cm³/mol. The number of carbonyl (C=O) groups is 2. The van der Waals surface area contributed by atoms with Gasteiger partial charge in [0.1, 0.15) is 11.6 Å². The monoisotopic (exact) mass is 407 g/mol. The number of anilines is 2. The van der Waals surface area contributed by atoms with Crippen molar-refractivity contribution in [2.24, 2.45) is 0 Å². The van der Waals surface area contributed by atoms with Gasteiger partial charge in [-0.25, -0.2) is 8.78 Å². The van der Waals surface area contributed by atoms with Gasteiger partial charge in [0, 0.05) is 23.3 Å². The van der Waals surface area contributed by atoms with E-state index in [0.29, 0.717) is 35.7 Å². The van der Waals surface area contributed by atoms with E-state index in [0.717, 1.165) is 11.6 Å². The third-order valence-electron chi connectivity index (χ3n) is 4.62. The Morgan fingerprint density at radius 1 is 1.21 bits per heavy atom. The Labute approximate surface area is 166 Å². The molecule has 1 heterocycles. The molecule has 0 aromatic heterocycles. The molecule has 2 amide bonds. The zero-order chi connectivity index (χ0) is 20.3. The molecule has 2 aromatic rings. The topological polar surface area (TPSA) is 61.4 Å². The van der Waals surface area contributed by atoms with Crippen LogP contribution in [0.3, 0.4) is 0 Å². The molecule has 5 nitrogen and oxygen atoms in total. The molecule has 0 spiro atoms. The van der Waals surface area contributed by atoms with Crippen LogP contribution in [0.2, 0.25) is 5.02 Å². The Bertz CT molecular complexity index is 921. The molecule has 0 bridgehead atoms. The van der Waals surface area contributed by atoms with Gasteiger partial charge in [0.05, 0.1) is 18.8 Å². The van der Waals surface area contributed by atoms with E-state index < -0.39 is 23.4 Å². The van der Waals surface area contributed by atoms with Crippen LogP contribution in [0, 0.1) is 18.6 Å². The summed E-state index contributed by atoms with van der Waals surface area (Å²) in [4.78, 5) is 25.9. The smallest absolute Gasteiger partial charge is 0.243 e. The van der Waals surface area contributed by atoms with Gasteiger partial charge in [-0.2, -0.15) is 0 Å². The number of hydrogen-bond donors (Lipinski definition) is 2. The summed E-state index contributed by atoms with van der Waals surface area (Å²) in [6.45, 7) is 1.93. The Morgan fingerprint density at radius 3 is 2.79 bits per heavy atom. The van der Waals surface area contributed by atoms with Crippen LogP contribution in [0.25, 0.3) is 0 Å². The first kappa shape index (κ1) is 20.1. The number of halogens is 3. The maximum Gasteiger partial charge on any atom is 0.243 e. The number of nitrogens with zero attached hydrogens (tertiary/aromatic N) is 1. The Balaban J connectivity index is 1.57. The largest absolute Gasteiger partial charge is 0.360 e. The SMILES string of the molecule is Cc1c(Cl)cccc1NC(=O)CNC(=O)CN1CCCc2cc(F)cc(F)c21. The number of benzene rings is 2. The minimum Gasteiger partial charge on any atom is -0.360 e. The van der Waals surface area contributed by atoms with E-state index in [-0.39, 0.29) is 18.8 Å². The van der Waals surface area contributed by atoms with E-state index in [9.17, 15) is 18.4 Å². The van der Waals surface area contributed by atoms with Crippen molar-refractivity contribution < 1.29 is 18.4 Å². The van der Waals surface area contributed by atoms with Gasteiger partial charge >= 0.3 is 0 Å². The van der Waals surface area contributed by atoms with Crippen LogP contribution in [-0.4, -0.2) is 31.4 Å². The van der Waals surface area contributed by atoms with Crippen LogP contribution in [0.4, 0.5) is 20.2 Å². The first-order valence-corrected chi connectivity index (χ1v) is 9.27. The van der Waals surface area contributed by atoms with Gasteiger partial charge in [-0.05, 0) is 49.1 Å². The zero-order valence-electron chi connectivity index (χ0n) is 15.3. The second-order valence-electron chi connectivity index (χ2n) is 6.66. The van der Waals surface area contributed by atoms with Crippen molar-refractivity contribution in [3.05, 3.63) is 58.1 Å². The molecule has 2 N–H and O–H groups in total. The molecular formula is C20H20ClF2N3O2. The lowest BCUT2D eigenvalue weighted by atomic mass is 10.0. The maximum atomic E-state index is 14.2. The van der Waals surface area contributed by atoms with Crippen molar-refractivity contribution in [2.45, 2.75) is 19.8 Å². The fourth-order valence-electron chi connectivity index (χ4n) is 3.24. The van der Waals surface area contributed by atoms with E-state index in [1.807, 2.05) is 0 Å². The molecule has 0 unspecified atom stereocenters. The number of amides is 2. The highest BCUT2D eigenvalue weighted by Gasteiger charge is 2.23. The van der Waals surface area contributed by atoms with Crippen LogP contribution in [0.1, 0.15) is 17.5 Å². The minimum atomic E-state index is -0.684. The third-order valence-corrected chi connectivity index (χ3v) is 5.03. The van der Waals surface area contributed by atoms with E-state index in [1.165, 1.54) is 6.07 Å². The van der Waals surface area contributed by atoms with Crippen LogP contribution in [0.15, 0.2) is 30.3 Å². The first-order chi connectivity index (χ1) is 13.3. The number of hydrogen-bond acceptors (Lipinski definition) is 3. The molecule has 0 saturated heterocycles. The van der Waals surface area contributed by atoms with Gasteiger partial charge in [-0.3, -0.25) is 9.59 Å². The normalized spacial score (nSPS) is 13.1. The zero-order valence-corrected chi connectivity index (χ0v) is 16.1. The van der Waals surface area contributed by atoms with Crippen molar-refractivity contribution in [1.29, 1.82) is 0 Å². The summed E-state index contributed by atoms with van der Waals surface area (Å²) < 4.78 is 27.6. The molecule has 0 atom stereocenters. The molecule has 28 heavy (non-hydrogen) atoms. The minimum absolute atomic E-state index is 0.112. The summed E-state index contributed by atoms with van der Waals surface area (Å²) in [5.41, 5.74) is 2.10. The van der Waals surface area contributed by atoms with Gasteiger partial charge in [0.15, 0.2) is 0 Å². The summed E-state index contributed by atoms with van der Waals surface area (Å²) in [6, 6.07) is 7.26. The predicted octanol–water partition coefficient (Wildman–Crippen LogP) is 3.43. The van der Waals surface area contributed by atoms with E-state index >= 15 is 0 Å². The molecule has 0 fully saturated rings. The molecule has 1 aliphatic heterocycles. The molecule has 3 rings (SSSR count). The summed E-state index contributed by atoms with van der Waals surface area (Å²) in [5.74, 6) is -2.13. The van der Waals surface area contributed by atoms with Gasteiger partial charge in [-0.15, -0.1) is 0 Å². The number of nitrogens with one attached hydrogen (secondary N) is 2. The number of carbonyl (C=O) groups excluding carboxylic acids is 2. The molecule has 8 heteroatoms. The van der Waals surface area contributed by atoms with Crippen molar-refractivity contribution in [2.75, 3.05) is 29.9 Å². The fraction of sp³-hybridized carbons (Fsp3) is 0.300. The quantitative estimate of drug-likeness (QED) is 0.798. The molecule has 0 saturated carbocycles. The lowest BCUT2D eigenvalue weighted by Gasteiger charge is -2.31. The van der Waals surface area contributed by atoms with Crippen LogP contribution >= 0.6 is 11.6 Å². The highest BCUT2D eigenvalue weighted by atomic mass is 35.5. The highest BCUT2D eigenvalue weighted by Crippen LogP contribution is 2.30. The van der Waals surface area contributed by atoms with E-state index in [4.69, 9.17) is 11.6 Å². The molecule has 1 aliphatic rings. The lowest BCUT2D eigenvalue weighted by molar-refractivity contribution is -0.123. The summed E-state index contributed by atoms with van der Waals surface area (Å²) in [5, 5.41) is 5.74. The number of rotatable bonds is 5. The second-order valence-corrected chi connectivity index (χ2v) is 7.06. The molecule has 0 radical (unpaired) electrons. The van der Waals surface area contributed by atoms with Gasteiger partial charge in [0.25, 0.3) is 0 Å². The van der Waals surface area contributed by atoms with Gasteiger partial charge in [0.2, 0.25) is 11.8 Å². The Kier molecular flexibility index (Phi) is 6.14. The standard InChI is InChI=1S/C20H20ClF2N3O2/c1-12-15(21)5-2-6-17(12)25-18(27)10-24-19(28)11-26-7-3-4-13-8-14(22)9-16(23)20(13)26/h2,5-6,8-9H,3-4,7,10-11H2,1H3,(H,24,28)(H,25,27). The van der Waals surface area contributed by atoms with Gasteiger partial charge in [-0.1, -0.05) is 17.7 Å². The lowest BCUT2D eigenvalue weighted by Crippen LogP contribution is -2.42. The van der Waals surface area contributed by atoms with E-state index in [2.05, 4.69) is 10.6 Å². The Morgan fingerprint density at radius 2 is 2.00 bits per heavy atom. The number of aryl methyl sites for hydroxylation is 1. The van der Waals surface area contributed by atoms with Crippen LogP contribution < -0.4 is 15.5 Å². The average molecular weight is 408 g/mol. The summed E-state index contributed by atoms with van der Waals surface area (Å²) in [7, 11) is 0. The van der Waals surface area contributed by atoms with Crippen LogP contribution in [0.5, 0.6) is 0 Å². The van der Waals surface area contributed by atoms with E-state index in [1.54, 1.807) is 30.0 Å². The van der Waals surface area contributed by atoms with Crippen molar-refractivity contribution in [1.82, 2.24) is 5.32 Å². The van der Waals surface area contributed by atoms with Crippen molar-refractivity contribution in [3.63, 3.8) is 0 Å². The average Bonchev–Trinajstić information content (AvgIpc) is 2.63. The van der Waals surface area contributed by atoms with Crippen molar-refractivity contribution >= 4 is 34.8 Å². The second kappa shape index (κ2) is 8.56. The molecule has 0 aliphatic carbocycles. The number of fused-ring (bicyclic) bond motifs is 1. The molecule has 148 valence electrons. The molecular weight excluding hydrogens is 388 g/mol.